The SMILES string of the molecule is CCC(C)C(=O)O[C@]1(C)C(=O)C=C(OC)C(C)C1=O. The minimum Gasteiger partial charge on any atom is -0.500 e. The fourth-order valence-corrected chi connectivity index (χ4v) is 1.86. The van der Waals surface area contributed by atoms with Crippen molar-refractivity contribution in [2.45, 2.75) is 39.7 Å². The van der Waals surface area contributed by atoms with Gasteiger partial charge in [-0.2, -0.15) is 0 Å². The summed E-state index contributed by atoms with van der Waals surface area (Å²) in [6.45, 7) is 6.50. The van der Waals surface area contributed by atoms with E-state index in [9.17, 15) is 14.4 Å². The number of ether oxygens (including phenoxy) is 2. The minimum atomic E-state index is -1.73. The van der Waals surface area contributed by atoms with Crippen LogP contribution in [0.2, 0.25) is 0 Å². The van der Waals surface area contributed by atoms with E-state index in [4.69, 9.17) is 9.47 Å². The van der Waals surface area contributed by atoms with Crippen LogP contribution in [0.3, 0.4) is 0 Å². The Balaban J connectivity index is 3.05. The lowest BCUT2D eigenvalue weighted by molar-refractivity contribution is -0.175. The van der Waals surface area contributed by atoms with Gasteiger partial charge < -0.3 is 9.47 Å². The van der Waals surface area contributed by atoms with Crippen molar-refractivity contribution in [1.82, 2.24) is 0 Å². The van der Waals surface area contributed by atoms with Gasteiger partial charge in [-0.3, -0.25) is 14.4 Å². The molecule has 106 valence electrons. The summed E-state index contributed by atoms with van der Waals surface area (Å²) >= 11 is 0. The van der Waals surface area contributed by atoms with E-state index in [0.717, 1.165) is 0 Å². The van der Waals surface area contributed by atoms with Crippen molar-refractivity contribution in [3.8, 4) is 0 Å². The predicted molar refractivity (Wildman–Crippen MR) is 68.2 cm³/mol. The molecule has 0 aliphatic heterocycles. The Hall–Kier alpha value is -1.65. The number of hydrogen-bond donors (Lipinski definition) is 0. The van der Waals surface area contributed by atoms with Crippen LogP contribution in [-0.4, -0.2) is 30.2 Å². The molecular weight excluding hydrogens is 248 g/mol. The molecule has 0 fully saturated rings. The minimum absolute atomic E-state index is 0.298. The molecule has 1 aliphatic rings. The average molecular weight is 268 g/mol. The summed E-state index contributed by atoms with van der Waals surface area (Å²) in [6.07, 6.45) is 1.82. The van der Waals surface area contributed by atoms with Gasteiger partial charge in [0.2, 0.25) is 11.4 Å². The smallest absolute Gasteiger partial charge is 0.310 e. The number of carbonyl (C=O) groups excluding carboxylic acids is 3. The summed E-state index contributed by atoms with van der Waals surface area (Å²) in [5, 5.41) is 0. The fourth-order valence-electron chi connectivity index (χ4n) is 1.86. The molecule has 5 heteroatoms. The topological polar surface area (TPSA) is 69.7 Å². The van der Waals surface area contributed by atoms with Crippen LogP contribution >= 0.6 is 0 Å². The zero-order valence-corrected chi connectivity index (χ0v) is 12.0. The third-order valence-corrected chi connectivity index (χ3v) is 3.59. The van der Waals surface area contributed by atoms with Crippen molar-refractivity contribution in [2.24, 2.45) is 11.8 Å². The first-order chi connectivity index (χ1) is 8.77. The van der Waals surface area contributed by atoms with Gasteiger partial charge in [-0.05, 0) is 20.3 Å². The molecule has 0 bridgehead atoms. The fraction of sp³-hybridized carbons (Fsp3) is 0.643. The van der Waals surface area contributed by atoms with Gasteiger partial charge in [-0.25, -0.2) is 0 Å². The largest absolute Gasteiger partial charge is 0.500 e. The van der Waals surface area contributed by atoms with Crippen molar-refractivity contribution in [2.75, 3.05) is 7.11 Å². The van der Waals surface area contributed by atoms with Crippen LogP contribution in [0.1, 0.15) is 34.1 Å². The van der Waals surface area contributed by atoms with E-state index in [2.05, 4.69) is 0 Å². The van der Waals surface area contributed by atoms with Crippen molar-refractivity contribution in [1.29, 1.82) is 0 Å². The predicted octanol–water partition coefficient (Wildman–Crippen LogP) is 1.65. The Morgan fingerprint density at radius 1 is 1.47 bits per heavy atom. The van der Waals surface area contributed by atoms with Gasteiger partial charge in [-0.15, -0.1) is 0 Å². The van der Waals surface area contributed by atoms with Gasteiger partial charge in [0.15, 0.2) is 5.78 Å². The van der Waals surface area contributed by atoms with Crippen molar-refractivity contribution >= 4 is 17.5 Å². The number of methoxy groups -OCH3 is 1. The summed E-state index contributed by atoms with van der Waals surface area (Å²) in [6, 6.07) is 0. The first-order valence-corrected chi connectivity index (χ1v) is 6.35. The van der Waals surface area contributed by atoms with Crippen LogP contribution < -0.4 is 0 Å². The number of carbonyl (C=O) groups is 3. The Bertz CT molecular complexity index is 437. The molecule has 2 unspecified atom stereocenters. The third kappa shape index (κ3) is 2.69. The zero-order valence-electron chi connectivity index (χ0n) is 12.0. The molecule has 0 radical (unpaired) electrons. The molecule has 3 atom stereocenters. The molecule has 0 aromatic heterocycles. The Morgan fingerprint density at radius 3 is 2.53 bits per heavy atom. The van der Waals surface area contributed by atoms with Crippen LogP contribution in [0.5, 0.6) is 0 Å². The highest BCUT2D eigenvalue weighted by Gasteiger charge is 2.50. The van der Waals surface area contributed by atoms with Crippen LogP contribution in [0, 0.1) is 11.8 Å². The molecule has 5 nitrogen and oxygen atoms in total. The van der Waals surface area contributed by atoms with E-state index in [0.29, 0.717) is 12.2 Å². The van der Waals surface area contributed by atoms with Crippen molar-refractivity contribution < 1.29 is 23.9 Å². The molecule has 0 aromatic rings. The average Bonchev–Trinajstić information content (AvgIpc) is 2.39. The van der Waals surface area contributed by atoms with E-state index < -0.39 is 29.1 Å². The molecule has 0 amide bonds. The molecule has 0 aromatic carbocycles. The lowest BCUT2D eigenvalue weighted by Crippen LogP contribution is -2.53. The molecule has 0 spiro atoms. The molecule has 0 heterocycles. The summed E-state index contributed by atoms with van der Waals surface area (Å²) in [5.74, 6) is -2.18. The Labute approximate surface area is 112 Å². The van der Waals surface area contributed by atoms with Gasteiger partial charge in [0.05, 0.1) is 18.9 Å². The molecule has 1 rings (SSSR count). The molecule has 19 heavy (non-hydrogen) atoms. The maximum absolute atomic E-state index is 12.3. The van der Waals surface area contributed by atoms with E-state index in [1.807, 2.05) is 6.92 Å². The van der Waals surface area contributed by atoms with Crippen molar-refractivity contribution in [3.05, 3.63) is 11.8 Å². The van der Waals surface area contributed by atoms with E-state index >= 15 is 0 Å². The standard InChI is InChI=1S/C14H20O5/c1-6-8(2)13(17)19-14(4)11(15)7-10(18-5)9(3)12(14)16/h7-9H,6H2,1-5H3/t8?,9?,14-/m1/s1. The van der Waals surface area contributed by atoms with E-state index in [1.54, 1.807) is 13.8 Å². The Morgan fingerprint density at radius 2 is 2.05 bits per heavy atom. The van der Waals surface area contributed by atoms with E-state index in [-0.39, 0.29) is 5.92 Å². The van der Waals surface area contributed by atoms with Gasteiger partial charge >= 0.3 is 5.97 Å². The summed E-state index contributed by atoms with van der Waals surface area (Å²) in [5.41, 5.74) is -1.73. The zero-order chi connectivity index (χ0) is 14.8. The number of ketones is 2. The number of esters is 1. The number of rotatable bonds is 4. The molecule has 1 aliphatic carbocycles. The highest BCUT2D eigenvalue weighted by molar-refractivity contribution is 6.19. The lowest BCUT2D eigenvalue weighted by Gasteiger charge is -2.33. The molecular formula is C14H20O5. The van der Waals surface area contributed by atoms with Gasteiger partial charge in [-0.1, -0.05) is 13.8 Å². The maximum Gasteiger partial charge on any atom is 0.310 e. The highest BCUT2D eigenvalue weighted by Crippen LogP contribution is 2.30. The summed E-state index contributed by atoms with van der Waals surface area (Å²) < 4.78 is 10.2. The molecule has 0 N–H and O–H groups in total. The Kier molecular flexibility index (Phi) is 4.50. The van der Waals surface area contributed by atoms with E-state index in [1.165, 1.54) is 20.1 Å². The van der Waals surface area contributed by atoms with Crippen LogP contribution in [0.25, 0.3) is 0 Å². The van der Waals surface area contributed by atoms with Gasteiger partial charge in [0, 0.05) is 6.08 Å². The van der Waals surface area contributed by atoms with Crippen LogP contribution in [0.4, 0.5) is 0 Å². The van der Waals surface area contributed by atoms with Crippen LogP contribution in [0.15, 0.2) is 11.8 Å². The van der Waals surface area contributed by atoms with Crippen LogP contribution in [-0.2, 0) is 23.9 Å². The van der Waals surface area contributed by atoms with Gasteiger partial charge in [0.25, 0.3) is 0 Å². The second-order valence-corrected chi connectivity index (χ2v) is 4.96. The number of hydrogen-bond acceptors (Lipinski definition) is 5. The second-order valence-electron chi connectivity index (χ2n) is 4.96. The highest BCUT2D eigenvalue weighted by atomic mass is 16.6. The monoisotopic (exact) mass is 268 g/mol. The molecule has 0 saturated heterocycles. The normalized spacial score (nSPS) is 28.7. The lowest BCUT2D eigenvalue weighted by atomic mass is 9.81. The maximum atomic E-state index is 12.3. The van der Waals surface area contributed by atoms with Crippen molar-refractivity contribution in [3.63, 3.8) is 0 Å². The summed E-state index contributed by atoms with van der Waals surface area (Å²) in [7, 11) is 1.40. The summed E-state index contributed by atoms with van der Waals surface area (Å²) in [4.78, 5) is 36.1. The first-order valence-electron chi connectivity index (χ1n) is 6.35. The third-order valence-electron chi connectivity index (χ3n) is 3.59. The quantitative estimate of drug-likeness (QED) is 0.573. The first kappa shape index (κ1) is 15.4. The molecule has 0 saturated carbocycles. The second kappa shape index (κ2) is 5.55. The van der Waals surface area contributed by atoms with Gasteiger partial charge in [0.1, 0.15) is 5.76 Å². The number of allylic oxidation sites excluding steroid dienone is 1. The number of Topliss-reactive ketones (excluding diaryl/α,β-unsaturated/α-hetero) is 1.